The summed E-state index contributed by atoms with van der Waals surface area (Å²) in [6.45, 7) is 0. The molecule has 2 aromatic rings. The van der Waals surface area contributed by atoms with E-state index in [-0.39, 0.29) is 0 Å². The van der Waals surface area contributed by atoms with Crippen LogP contribution in [0, 0.1) is 0 Å². The van der Waals surface area contributed by atoms with Gasteiger partial charge in [0, 0.05) is 18.5 Å². The van der Waals surface area contributed by atoms with Gasteiger partial charge in [-0.05, 0) is 6.07 Å². The summed E-state index contributed by atoms with van der Waals surface area (Å²) in [5.74, 6) is 0.755. The summed E-state index contributed by atoms with van der Waals surface area (Å²) < 4.78 is 6.84. The summed E-state index contributed by atoms with van der Waals surface area (Å²) in [6, 6.07) is 3.69. The Bertz CT molecular complexity index is 450. The topological polar surface area (TPSA) is 27.1 Å². The highest BCUT2D eigenvalue weighted by Gasteiger charge is 2.06. The Labute approximate surface area is 80.9 Å². The van der Waals surface area contributed by atoms with Crippen LogP contribution in [-0.2, 0) is 7.05 Å². The smallest absolute Gasteiger partial charge is 0.121 e. The van der Waals surface area contributed by atoms with E-state index in [1.165, 1.54) is 0 Å². The fraction of sp³-hybridized carbons (Fsp3) is 0.222. The van der Waals surface area contributed by atoms with Crippen molar-refractivity contribution >= 4 is 22.5 Å². The zero-order valence-corrected chi connectivity index (χ0v) is 8.17. The predicted molar refractivity (Wildman–Crippen MR) is 52.3 cm³/mol. The first-order valence-electron chi connectivity index (χ1n) is 3.87. The summed E-state index contributed by atoms with van der Waals surface area (Å²) in [5.41, 5.74) is 0.933. The third-order valence-electron chi connectivity index (χ3n) is 2.00. The zero-order chi connectivity index (χ0) is 9.42. The number of hydrogen-bond donors (Lipinski definition) is 0. The van der Waals surface area contributed by atoms with Crippen LogP contribution in [0.15, 0.2) is 18.3 Å². The molecule has 0 atom stereocenters. The van der Waals surface area contributed by atoms with Crippen LogP contribution in [0.5, 0.6) is 5.75 Å². The van der Waals surface area contributed by atoms with E-state index in [9.17, 15) is 0 Å². The van der Waals surface area contributed by atoms with E-state index in [2.05, 4.69) is 5.10 Å². The van der Waals surface area contributed by atoms with E-state index < -0.39 is 0 Å². The van der Waals surface area contributed by atoms with Crippen molar-refractivity contribution in [3.8, 4) is 5.75 Å². The molecule has 0 aliphatic rings. The second-order valence-electron chi connectivity index (χ2n) is 2.82. The lowest BCUT2D eigenvalue weighted by Crippen LogP contribution is -1.90. The standard InChI is InChI=1S/C9H9ClN2O/c1-12-9-6(5-11-12)3-7(13-2)4-8(9)10/h3-5H,1-2H3. The summed E-state index contributed by atoms with van der Waals surface area (Å²) in [4.78, 5) is 0. The monoisotopic (exact) mass is 196 g/mol. The van der Waals surface area contributed by atoms with Crippen molar-refractivity contribution < 1.29 is 4.74 Å². The number of ether oxygens (including phenoxy) is 1. The van der Waals surface area contributed by atoms with Crippen molar-refractivity contribution in [1.29, 1.82) is 0 Å². The van der Waals surface area contributed by atoms with Crippen LogP contribution in [0.2, 0.25) is 5.02 Å². The van der Waals surface area contributed by atoms with Gasteiger partial charge in [0.2, 0.25) is 0 Å². The van der Waals surface area contributed by atoms with Gasteiger partial charge in [0.15, 0.2) is 0 Å². The van der Waals surface area contributed by atoms with Gasteiger partial charge in [0.1, 0.15) is 5.75 Å². The molecule has 0 aliphatic carbocycles. The van der Waals surface area contributed by atoms with Crippen LogP contribution in [0.4, 0.5) is 0 Å². The number of fused-ring (bicyclic) bond motifs is 1. The molecule has 2 rings (SSSR count). The van der Waals surface area contributed by atoms with Crippen molar-refractivity contribution in [2.24, 2.45) is 7.05 Å². The average Bonchev–Trinajstić information content (AvgIpc) is 2.48. The first-order valence-corrected chi connectivity index (χ1v) is 4.25. The molecule has 0 radical (unpaired) electrons. The number of aromatic nitrogens is 2. The van der Waals surface area contributed by atoms with E-state index in [1.54, 1.807) is 24.1 Å². The van der Waals surface area contributed by atoms with Gasteiger partial charge in [-0.3, -0.25) is 4.68 Å². The normalized spacial score (nSPS) is 10.7. The lowest BCUT2D eigenvalue weighted by atomic mass is 10.2. The Morgan fingerprint density at radius 3 is 2.92 bits per heavy atom. The van der Waals surface area contributed by atoms with Gasteiger partial charge in [-0.25, -0.2) is 0 Å². The van der Waals surface area contributed by atoms with Crippen molar-refractivity contribution in [1.82, 2.24) is 9.78 Å². The van der Waals surface area contributed by atoms with Crippen molar-refractivity contribution in [2.45, 2.75) is 0 Å². The minimum atomic E-state index is 0.661. The highest BCUT2D eigenvalue weighted by molar-refractivity contribution is 6.35. The molecule has 1 heterocycles. The summed E-state index contributed by atoms with van der Waals surface area (Å²) in [6.07, 6.45) is 1.77. The number of rotatable bonds is 1. The van der Waals surface area contributed by atoms with E-state index in [0.29, 0.717) is 5.02 Å². The van der Waals surface area contributed by atoms with E-state index >= 15 is 0 Å². The molecule has 0 unspecified atom stereocenters. The third-order valence-corrected chi connectivity index (χ3v) is 2.28. The molecule has 1 aromatic carbocycles. The summed E-state index contributed by atoms with van der Waals surface area (Å²) in [7, 11) is 3.48. The molecule has 0 spiro atoms. The number of hydrogen-bond acceptors (Lipinski definition) is 2. The molecule has 0 saturated carbocycles. The summed E-state index contributed by atoms with van der Waals surface area (Å²) >= 11 is 6.05. The van der Waals surface area contributed by atoms with Crippen LogP contribution in [0.25, 0.3) is 10.9 Å². The van der Waals surface area contributed by atoms with Gasteiger partial charge in [-0.15, -0.1) is 0 Å². The Hall–Kier alpha value is -1.22. The molecule has 0 N–H and O–H groups in total. The highest BCUT2D eigenvalue weighted by atomic mass is 35.5. The van der Waals surface area contributed by atoms with Crippen LogP contribution < -0.4 is 4.74 Å². The lowest BCUT2D eigenvalue weighted by Gasteiger charge is -2.02. The Kier molecular flexibility index (Phi) is 1.88. The maximum absolute atomic E-state index is 6.05. The maximum atomic E-state index is 6.05. The minimum absolute atomic E-state index is 0.661. The van der Waals surface area contributed by atoms with E-state index in [4.69, 9.17) is 16.3 Å². The number of benzene rings is 1. The van der Waals surface area contributed by atoms with Gasteiger partial charge in [0.25, 0.3) is 0 Å². The minimum Gasteiger partial charge on any atom is -0.497 e. The second-order valence-corrected chi connectivity index (χ2v) is 3.22. The fourth-order valence-corrected chi connectivity index (χ4v) is 1.70. The molecule has 13 heavy (non-hydrogen) atoms. The Morgan fingerprint density at radius 2 is 2.23 bits per heavy atom. The Balaban J connectivity index is 2.79. The van der Waals surface area contributed by atoms with E-state index in [0.717, 1.165) is 16.7 Å². The number of nitrogens with zero attached hydrogens (tertiary/aromatic N) is 2. The fourth-order valence-electron chi connectivity index (χ4n) is 1.36. The molecule has 0 fully saturated rings. The molecule has 0 aliphatic heterocycles. The first-order chi connectivity index (χ1) is 6.22. The largest absolute Gasteiger partial charge is 0.497 e. The zero-order valence-electron chi connectivity index (χ0n) is 7.41. The van der Waals surface area contributed by atoms with Gasteiger partial charge in [-0.2, -0.15) is 5.10 Å². The number of methoxy groups -OCH3 is 1. The molecule has 68 valence electrons. The summed E-state index contributed by atoms with van der Waals surface area (Å²) in [5, 5.41) is 5.76. The highest BCUT2D eigenvalue weighted by Crippen LogP contribution is 2.28. The molecule has 0 bridgehead atoms. The average molecular weight is 197 g/mol. The maximum Gasteiger partial charge on any atom is 0.121 e. The number of halogens is 1. The van der Waals surface area contributed by atoms with Crippen molar-refractivity contribution in [3.63, 3.8) is 0 Å². The predicted octanol–water partition coefficient (Wildman–Crippen LogP) is 2.24. The molecule has 3 nitrogen and oxygen atoms in total. The first kappa shape index (κ1) is 8.38. The second kappa shape index (κ2) is 2.92. The lowest BCUT2D eigenvalue weighted by molar-refractivity contribution is 0.415. The quantitative estimate of drug-likeness (QED) is 0.700. The van der Waals surface area contributed by atoms with Crippen molar-refractivity contribution in [2.75, 3.05) is 7.11 Å². The third kappa shape index (κ3) is 1.25. The molecule has 1 aromatic heterocycles. The number of aryl methyl sites for hydroxylation is 1. The van der Waals surface area contributed by atoms with Gasteiger partial charge < -0.3 is 4.74 Å². The molecular weight excluding hydrogens is 188 g/mol. The Morgan fingerprint density at radius 1 is 1.46 bits per heavy atom. The molecular formula is C9H9ClN2O. The molecule has 0 amide bonds. The van der Waals surface area contributed by atoms with Crippen LogP contribution in [-0.4, -0.2) is 16.9 Å². The van der Waals surface area contributed by atoms with Gasteiger partial charge in [-0.1, -0.05) is 11.6 Å². The van der Waals surface area contributed by atoms with Crippen LogP contribution in [0.3, 0.4) is 0 Å². The molecule has 0 saturated heterocycles. The SMILES string of the molecule is COc1cc(Cl)c2c(cnn2C)c1. The van der Waals surface area contributed by atoms with E-state index in [1.807, 2.05) is 13.1 Å². The van der Waals surface area contributed by atoms with Gasteiger partial charge >= 0.3 is 0 Å². The van der Waals surface area contributed by atoms with Gasteiger partial charge in [0.05, 0.1) is 23.8 Å². The molecule has 4 heteroatoms. The van der Waals surface area contributed by atoms with Crippen LogP contribution >= 0.6 is 11.6 Å². The van der Waals surface area contributed by atoms with Crippen LogP contribution in [0.1, 0.15) is 0 Å². The van der Waals surface area contributed by atoms with Crippen molar-refractivity contribution in [3.05, 3.63) is 23.4 Å².